The van der Waals surface area contributed by atoms with Gasteiger partial charge in [-0.1, -0.05) is 45.7 Å². The lowest BCUT2D eigenvalue weighted by molar-refractivity contribution is -0.145. The van der Waals surface area contributed by atoms with Crippen molar-refractivity contribution in [2.75, 3.05) is 26.2 Å². The molecule has 1 spiro atoms. The Hall–Kier alpha value is -1.79. The van der Waals surface area contributed by atoms with Crippen molar-refractivity contribution >= 4 is 17.7 Å². The van der Waals surface area contributed by atoms with E-state index in [0.29, 0.717) is 50.7 Å². The predicted octanol–water partition coefficient (Wildman–Crippen LogP) is 3.04. The van der Waals surface area contributed by atoms with E-state index in [2.05, 4.69) is 32.9 Å². The van der Waals surface area contributed by atoms with Gasteiger partial charge in [0, 0.05) is 38.9 Å². The minimum atomic E-state index is -0.492. The largest absolute Gasteiger partial charge is 0.441 e. The molecule has 0 aliphatic carbocycles. The van der Waals surface area contributed by atoms with Crippen molar-refractivity contribution in [3.05, 3.63) is 0 Å². The van der Waals surface area contributed by atoms with Gasteiger partial charge in [0.2, 0.25) is 6.10 Å². The summed E-state index contributed by atoms with van der Waals surface area (Å²) in [6.45, 7) is 11.0. The molecule has 0 aromatic heterocycles. The van der Waals surface area contributed by atoms with Gasteiger partial charge < -0.3 is 19.4 Å². The monoisotopic (exact) mass is 379 g/mol. The number of carbonyl (C=O) groups excluding carboxylic acids is 2. The molecular weight excluding hydrogens is 346 g/mol. The summed E-state index contributed by atoms with van der Waals surface area (Å²) >= 11 is 0. The number of rotatable bonds is 6. The molecule has 2 fully saturated rings. The quantitative estimate of drug-likeness (QED) is 0.711. The van der Waals surface area contributed by atoms with Crippen molar-refractivity contribution in [2.45, 2.75) is 71.5 Å². The number of likely N-dealkylation sites (tertiary alicyclic amines) is 1. The topological polar surface area (TPSA) is 71.4 Å². The molecule has 0 N–H and O–H groups in total. The van der Waals surface area contributed by atoms with E-state index < -0.39 is 11.7 Å². The van der Waals surface area contributed by atoms with Crippen molar-refractivity contribution in [2.24, 2.45) is 17.0 Å². The van der Waals surface area contributed by atoms with Gasteiger partial charge in [-0.3, -0.25) is 4.79 Å². The number of ether oxygens (including phenoxy) is 1. The fourth-order valence-corrected chi connectivity index (χ4v) is 4.16. The lowest BCUT2D eigenvalue weighted by atomic mass is 9.90. The summed E-state index contributed by atoms with van der Waals surface area (Å²) in [6, 6.07) is 0. The summed E-state index contributed by atoms with van der Waals surface area (Å²) < 4.78 is 5.79. The Balaban J connectivity index is 1.52. The number of hydrogen-bond donors (Lipinski definition) is 0. The van der Waals surface area contributed by atoms with Crippen LogP contribution in [-0.2, 0) is 14.4 Å². The van der Waals surface area contributed by atoms with Gasteiger partial charge in [-0.15, -0.1) is 0 Å². The molecule has 3 aliphatic heterocycles. The molecule has 1 atom stereocenters. The van der Waals surface area contributed by atoms with Gasteiger partial charge in [0.1, 0.15) is 5.60 Å². The number of carbonyl (C=O) groups is 2. The van der Waals surface area contributed by atoms with Crippen molar-refractivity contribution in [1.82, 2.24) is 9.80 Å². The van der Waals surface area contributed by atoms with Crippen LogP contribution in [0.5, 0.6) is 0 Å². The van der Waals surface area contributed by atoms with E-state index in [1.165, 1.54) is 0 Å². The molecule has 0 aromatic carbocycles. The highest BCUT2D eigenvalue weighted by atomic mass is 16.6. The SMILES string of the molecule is CCC(CC)CN1CC2(CCN(C(=O)[C@H]3CC(C(C)C)=NO3)CC2)OC1=O. The second kappa shape index (κ2) is 8.07. The van der Waals surface area contributed by atoms with Gasteiger partial charge >= 0.3 is 6.09 Å². The molecule has 3 heterocycles. The molecule has 3 rings (SSSR count). The van der Waals surface area contributed by atoms with E-state index in [-0.39, 0.29) is 12.0 Å². The second-order valence-electron chi connectivity index (χ2n) is 8.47. The first-order chi connectivity index (χ1) is 12.9. The van der Waals surface area contributed by atoms with Crippen molar-refractivity contribution in [3.8, 4) is 0 Å². The summed E-state index contributed by atoms with van der Waals surface area (Å²) in [5.41, 5.74) is 0.513. The van der Waals surface area contributed by atoms with Crippen LogP contribution in [0.4, 0.5) is 4.79 Å². The smallest absolute Gasteiger partial charge is 0.410 e. The van der Waals surface area contributed by atoms with Crippen molar-refractivity contribution in [1.29, 1.82) is 0 Å². The number of piperidine rings is 1. The molecule has 0 unspecified atom stereocenters. The Morgan fingerprint density at radius 1 is 1.26 bits per heavy atom. The highest BCUT2D eigenvalue weighted by Crippen LogP contribution is 2.34. The maximum Gasteiger partial charge on any atom is 0.410 e. The molecule has 7 nitrogen and oxygen atoms in total. The standard InChI is InChI=1S/C20H33N3O4/c1-5-15(6-2)12-23-13-20(26-19(23)25)7-9-22(10-8-20)18(24)17-11-16(14(3)4)21-27-17/h14-15,17H,5-13H2,1-4H3/t17-/m1/s1. The zero-order valence-corrected chi connectivity index (χ0v) is 17.1. The van der Waals surface area contributed by atoms with E-state index >= 15 is 0 Å². The molecule has 2 saturated heterocycles. The van der Waals surface area contributed by atoms with E-state index in [1.54, 1.807) is 0 Å². The minimum Gasteiger partial charge on any atom is -0.441 e. The Morgan fingerprint density at radius 2 is 1.93 bits per heavy atom. The zero-order chi connectivity index (χ0) is 19.6. The van der Waals surface area contributed by atoms with Gasteiger partial charge in [0.05, 0.1) is 12.3 Å². The summed E-state index contributed by atoms with van der Waals surface area (Å²) in [7, 11) is 0. The third kappa shape index (κ3) is 4.22. The van der Waals surface area contributed by atoms with Crippen LogP contribution >= 0.6 is 0 Å². The fourth-order valence-electron chi connectivity index (χ4n) is 4.16. The second-order valence-corrected chi connectivity index (χ2v) is 8.47. The van der Waals surface area contributed by atoms with Crippen LogP contribution in [0.1, 0.15) is 59.8 Å². The number of oxime groups is 1. The Kier molecular flexibility index (Phi) is 5.96. The number of hydrogen-bond acceptors (Lipinski definition) is 5. The van der Waals surface area contributed by atoms with E-state index in [0.717, 1.165) is 25.1 Å². The summed E-state index contributed by atoms with van der Waals surface area (Å²) in [5, 5.41) is 4.06. The Morgan fingerprint density at radius 3 is 2.48 bits per heavy atom. The lowest BCUT2D eigenvalue weighted by Crippen LogP contribution is -2.51. The van der Waals surface area contributed by atoms with Crippen molar-refractivity contribution in [3.63, 3.8) is 0 Å². The summed E-state index contributed by atoms with van der Waals surface area (Å²) in [4.78, 5) is 34.1. The highest BCUT2D eigenvalue weighted by Gasteiger charge is 2.48. The lowest BCUT2D eigenvalue weighted by Gasteiger charge is -2.38. The van der Waals surface area contributed by atoms with Crippen LogP contribution in [0.15, 0.2) is 5.16 Å². The van der Waals surface area contributed by atoms with Crippen LogP contribution < -0.4 is 0 Å². The van der Waals surface area contributed by atoms with Gasteiger partial charge in [0.15, 0.2) is 0 Å². The van der Waals surface area contributed by atoms with Crippen LogP contribution in [0.3, 0.4) is 0 Å². The van der Waals surface area contributed by atoms with E-state index in [1.807, 2.05) is 9.80 Å². The Labute approximate surface area is 162 Å². The molecule has 0 bridgehead atoms. The molecule has 0 radical (unpaired) electrons. The van der Waals surface area contributed by atoms with Crippen LogP contribution in [-0.4, -0.2) is 65.4 Å². The van der Waals surface area contributed by atoms with Crippen molar-refractivity contribution < 1.29 is 19.2 Å². The normalized spacial score (nSPS) is 24.6. The molecular formula is C20H33N3O4. The average Bonchev–Trinajstić information content (AvgIpc) is 3.25. The molecule has 0 aromatic rings. The third-order valence-electron chi connectivity index (χ3n) is 6.29. The molecule has 7 heteroatoms. The molecule has 0 saturated carbocycles. The van der Waals surface area contributed by atoms with Crippen LogP contribution in [0.2, 0.25) is 0 Å². The van der Waals surface area contributed by atoms with Gasteiger partial charge in [-0.25, -0.2) is 4.79 Å². The number of nitrogens with zero attached hydrogens (tertiary/aromatic N) is 3. The third-order valence-corrected chi connectivity index (χ3v) is 6.29. The average molecular weight is 380 g/mol. The molecule has 2 amide bonds. The van der Waals surface area contributed by atoms with E-state index in [4.69, 9.17) is 9.57 Å². The van der Waals surface area contributed by atoms with Gasteiger partial charge in [0.25, 0.3) is 5.91 Å². The Bertz CT molecular complexity index is 592. The molecule has 152 valence electrons. The first-order valence-corrected chi connectivity index (χ1v) is 10.4. The highest BCUT2D eigenvalue weighted by molar-refractivity contribution is 5.93. The maximum absolute atomic E-state index is 12.7. The summed E-state index contributed by atoms with van der Waals surface area (Å²) in [6.07, 6.45) is 3.40. The van der Waals surface area contributed by atoms with E-state index in [9.17, 15) is 9.59 Å². The zero-order valence-electron chi connectivity index (χ0n) is 17.1. The predicted molar refractivity (Wildman–Crippen MR) is 102 cm³/mol. The minimum absolute atomic E-state index is 0.00228. The summed E-state index contributed by atoms with van der Waals surface area (Å²) in [5.74, 6) is 0.817. The van der Waals surface area contributed by atoms with Crippen LogP contribution in [0.25, 0.3) is 0 Å². The maximum atomic E-state index is 12.7. The fraction of sp³-hybridized carbons (Fsp3) is 0.850. The first-order valence-electron chi connectivity index (χ1n) is 10.4. The molecule has 3 aliphatic rings. The first kappa shape index (κ1) is 20.0. The molecule has 27 heavy (non-hydrogen) atoms. The number of amides is 2. The van der Waals surface area contributed by atoms with Gasteiger partial charge in [-0.2, -0.15) is 0 Å². The van der Waals surface area contributed by atoms with Gasteiger partial charge in [-0.05, 0) is 11.8 Å². The van der Waals surface area contributed by atoms with Crippen LogP contribution in [0, 0.1) is 11.8 Å².